The summed E-state index contributed by atoms with van der Waals surface area (Å²) < 4.78 is 2.48. The predicted molar refractivity (Wildman–Crippen MR) is 91.8 cm³/mol. The number of aliphatic hydroxyl groups excluding tert-OH is 2. The number of benzene rings is 1. The zero-order chi connectivity index (χ0) is 16.9. The van der Waals surface area contributed by atoms with E-state index in [0.29, 0.717) is 23.9 Å². The van der Waals surface area contributed by atoms with Crippen molar-refractivity contribution in [3.05, 3.63) is 52.6 Å². The van der Waals surface area contributed by atoms with E-state index >= 15 is 0 Å². The van der Waals surface area contributed by atoms with Crippen LogP contribution in [0.4, 0.5) is 0 Å². The first-order valence-electron chi connectivity index (χ1n) is 7.37. The van der Waals surface area contributed by atoms with Gasteiger partial charge in [-0.1, -0.05) is 53.4 Å². The lowest BCUT2D eigenvalue weighted by atomic mass is 10.1. The second-order valence-electron chi connectivity index (χ2n) is 5.02. The molecule has 0 radical (unpaired) electrons. The van der Waals surface area contributed by atoms with E-state index in [-0.39, 0.29) is 6.61 Å². The molecule has 126 valence electrons. The highest BCUT2D eigenvalue weighted by atomic mass is 32.2. The van der Waals surface area contributed by atoms with E-state index in [0.717, 1.165) is 14.9 Å². The Labute approximate surface area is 147 Å². The number of rotatable bonds is 7. The molecule has 7 nitrogen and oxygen atoms in total. The third-order valence-corrected chi connectivity index (χ3v) is 5.24. The molecule has 1 aromatic carbocycles. The monoisotopic (exact) mass is 363 g/mol. The second kappa shape index (κ2) is 7.84. The van der Waals surface area contributed by atoms with Gasteiger partial charge >= 0.3 is 0 Å². The van der Waals surface area contributed by atoms with Crippen molar-refractivity contribution >= 4 is 23.1 Å². The maximum atomic E-state index is 10.5. The van der Waals surface area contributed by atoms with Crippen LogP contribution in [0.5, 0.6) is 0 Å². The quantitative estimate of drug-likeness (QED) is 0.618. The fourth-order valence-electron chi connectivity index (χ4n) is 2.14. The fourth-order valence-corrected chi connectivity index (χ4v) is 3.89. The zero-order valence-corrected chi connectivity index (χ0v) is 14.7. The van der Waals surface area contributed by atoms with Crippen LogP contribution in [-0.4, -0.2) is 41.8 Å². The van der Waals surface area contributed by atoms with Crippen LogP contribution in [0.2, 0.25) is 0 Å². The molecular weight excluding hydrogens is 346 g/mol. The summed E-state index contributed by atoms with van der Waals surface area (Å²) in [5, 5.41) is 33.0. The molecule has 2 aromatic heterocycles. The van der Waals surface area contributed by atoms with Crippen molar-refractivity contribution in [2.45, 2.75) is 29.7 Å². The normalized spacial score (nSPS) is 12.5. The molecule has 0 saturated carbocycles. The predicted octanol–water partition coefficient (Wildman–Crippen LogP) is 1.80. The summed E-state index contributed by atoms with van der Waals surface area (Å²) in [5.74, 6) is 1.56. The maximum absolute atomic E-state index is 10.5. The maximum Gasteiger partial charge on any atom is 0.184 e. The lowest BCUT2D eigenvalue weighted by Crippen LogP contribution is -2.08. The minimum Gasteiger partial charge on any atom is -0.394 e. The number of aliphatic hydroxyl groups is 2. The van der Waals surface area contributed by atoms with Crippen LogP contribution < -0.4 is 0 Å². The summed E-state index contributed by atoms with van der Waals surface area (Å²) in [4.78, 5) is 4.45. The molecule has 3 rings (SSSR count). The van der Waals surface area contributed by atoms with Gasteiger partial charge in [-0.15, -0.1) is 10.2 Å². The third kappa shape index (κ3) is 3.99. The van der Waals surface area contributed by atoms with Crippen LogP contribution in [0.15, 0.2) is 34.7 Å². The van der Waals surface area contributed by atoms with E-state index < -0.39 is 6.10 Å². The van der Waals surface area contributed by atoms with E-state index in [1.807, 2.05) is 37.3 Å². The molecule has 0 unspecified atom stereocenters. The first-order valence-corrected chi connectivity index (χ1v) is 9.18. The van der Waals surface area contributed by atoms with Gasteiger partial charge in [-0.2, -0.15) is 5.10 Å². The number of aromatic nitrogens is 5. The van der Waals surface area contributed by atoms with E-state index in [1.54, 1.807) is 4.68 Å². The van der Waals surface area contributed by atoms with E-state index in [1.165, 1.54) is 23.1 Å². The summed E-state index contributed by atoms with van der Waals surface area (Å²) in [6.07, 6.45) is -0.890. The molecular formula is C15H17N5O2S2. The Kier molecular flexibility index (Phi) is 5.56. The molecule has 2 N–H and O–H groups in total. The molecule has 2 heterocycles. The minimum absolute atomic E-state index is 0.0419. The number of aryl methyl sites for hydroxylation is 1. The SMILES string of the molecule is Cc1nnc(SCc2nc([C@@H](O)c3ccccc3)nn2CCO)s1. The lowest BCUT2D eigenvalue weighted by Gasteiger charge is -2.05. The summed E-state index contributed by atoms with van der Waals surface area (Å²) in [6.45, 7) is 2.20. The Hall–Kier alpha value is -1.81. The van der Waals surface area contributed by atoms with Crippen molar-refractivity contribution in [3.8, 4) is 0 Å². The number of hydrogen-bond donors (Lipinski definition) is 2. The smallest absolute Gasteiger partial charge is 0.184 e. The molecule has 0 amide bonds. The van der Waals surface area contributed by atoms with Crippen molar-refractivity contribution in [1.82, 2.24) is 25.0 Å². The highest BCUT2D eigenvalue weighted by Gasteiger charge is 2.19. The average Bonchev–Trinajstić information content (AvgIpc) is 3.20. The van der Waals surface area contributed by atoms with Gasteiger partial charge in [0.1, 0.15) is 16.9 Å². The number of nitrogens with zero attached hydrogens (tertiary/aromatic N) is 5. The Balaban J connectivity index is 1.79. The van der Waals surface area contributed by atoms with Crippen molar-refractivity contribution in [2.24, 2.45) is 0 Å². The Morgan fingerprint density at radius 2 is 2.04 bits per heavy atom. The molecule has 3 aromatic rings. The van der Waals surface area contributed by atoms with E-state index in [9.17, 15) is 10.2 Å². The van der Waals surface area contributed by atoms with Crippen LogP contribution in [0.25, 0.3) is 0 Å². The Bertz CT molecular complexity index is 790. The standard InChI is InChI=1S/C15H17N5O2S2/c1-10-17-18-15(24-10)23-9-12-16-14(19-20(12)7-8-21)13(22)11-5-3-2-4-6-11/h2-6,13,21-22H,7-9H2,1H3/t13-/m0/s1. The van der Waals surface area contributed by atoms with Crippen LogP contribution in [-0.2, 0) is 12.3 Å². The van der Waals surface area contributed by atoms with Crippen molar-refractivity contribution in [3.63, 3.8) is 0 Å². The first-order chi connectivity index (χ1) is 11.7. The minimum atomic E-state index is -0.890. The fraction of sp³-hybridized carbons (Fsp3) is 0.333. The van der Waals surface area contributed by atoms with Gasteiger partial charge in [-0.25, -0.2) is 9.67 Å². The molecule has 1 atom stereocenters. The molecule has 0 aliphatic rings. The molecule has 0 saturated heterocycles. The summed E-state index contributed by atoms with van der Waals surface area (Å²) in [7, 11) is 0. The second-order valence-corrected chi connectivity index (χ2v) is 7.43. The van der Waals surface area contributed by atoms with Gasteiger partial charge in [-0.05, 0) is 12.5 Å². The third-order valence-electron chi connectivity index (χ3n) is 3.27. The van der Waals surface area contributed by atoms with Crippen LogP contribution in [0.3, 0.4) is 0 Å². The Morgan fingerprint density at radius 3 is 2.71 bits per heavy atom. The summed E-state index contributed by atoms with van der Waals surface area (Å²) in [6, 6.07) is 9.27. The number of hydrogen-bond acceptors (Lipinski definition) is 8. The van der Waals surface area contributed by atoms with E-state index in [2.05, 4.69) is 20.3 Å². The lowest BCUT2D eigenvalue weighted by molar-refractivity contribution is 0.208. The zero-order valence-electron chi connectivity index (χ0n) is 13.0. The van der Waals surface area contributed by atoms with Crippen LogP contribution in [0, 0.1) is 6.92 Å². The molecule has 9 heteroatoms. The van der Waals surface area contributed by atoms with E-state index in [4.69, 9.17) is 0 Å². The highest BCUT2D eigenvalue weighted by Crippen LogP contribution is 2.26. The van der Waals surface area contributed by atoms with Gasteiger partial charge in [0.15, 0.2) is 10.2 Å². The van der Waals surface area contributed by atoms with Gasteiger partial charge in [-0.3, -0.25) is 0 Å². The molecule has 0 spiro atoms. The van der Waals surface area contributed by atoms with Crippen molar-refractivity contribution in [1.29, 1.82) is 0 Å². The molecule has 0 aliphatic heterocycles. The highest BCUT2D eigenvalue weighted by molar-refractivity contribution is 8.00. The van der Waals surface area contributed by atoms with Gasteiger partial charge in [0.25, 0.3) is 0 Å². The van der Waals surface area contributed by atoms with Gasteiger partial charge in [0.05, 0.1) is 18.9 Å². The molecule has 24 heavy (non-hydrogen) atoms. The van der Waals surface area contributed by atoms with Crippen molar-refractivity contribution < 1.29 is 10.2 Å². The van der Waals surface area contributed by atoms with Crippen LogP contribution in [0.1, 0.15) is 28.3 Å². The van der Waals surface area contributed by atoms with Crippen molar-refractivity contribution in [2.75, 3.05) is 6.61 Å². The molecule has 0 bridgehead atoms. The Morgan fingerprint density at radius 1 is 1.25 bits per heavy atom. The first kappa shape index (κ1) is 17.0. The average molecular weight is 363 g/mol. The summed E-state index contributed by atoms with van der Waals surface area (Å²) in [5.41, 5.74) is 0.734. The van der Waals surface area contributed by atoms with Crippen LogP contribution >= 0.6 is 23.1 Å². The van der Waals surface area contributed by atoms with Gasteiger partial charge in [0, 0.05) is 0 Å². The summed E-state index contributed by atoms with van der Waals surface area (Å²) >= 11 is 3.03. The topological polar surface area (TPSA) is 97.0 Å². The molecule has 0 aliphatic carbocycles. The largest absolute Gasteiger partial charge is 0.394 e. The molecule has 0 fully saturated rings. The van der Waals surface area contributed by atoms with Gasteiger partial charge in [0.2, 0.25) is 0 Å². The number of thioether (sulfide) groups is 1. The van der Waals surface area contributed by atoms with Gasteiger partial charge < -0.3 is 10.2 Å².